The third kappa shape index (κ3) is 3.41. The van der Waals surface area contributed by atoms with Crippen LogP contribution in [0.5, 0.6) is 11.5 Å². The van der Waals surface area contributed by atoms with Crippen LogP contribution in [0.15, 0.2) is 16.6 Å². The van der Waals surface area contributed by atoms with Gasteiger partial charge in [-0.3, -0.25) is 4.79 Å². The van der Waals surface area contributed by atoms with Gasteiger partial charge in [-0.2, -0.15) is 0 Å². The molecule has 16 heavy (non-hydrogen) atoms. The van der Waals surface area contributed by atoms with E-state index in [4.69, 9.17) is 9.84 Å². The minimum Gasteiger partial charge on any atom is -0.503 e. The monoisotopic (exact) mass is 288 g/mol. The molecule has 4 nitrogen and oxygen atoms in total. The van der Waals surface area contributed by atoms with Gasteiger partial charge in [0.1, 0.15) is 0 Å². The van der Waals surface area contributed by atoms with Crippen LogP contribution >= 0.6 is 15.9 Å². The van der Waals surface area contributed by atoms with E-state index in [0.717, 1.165) is 5.56 Å². The lowest BCUT2D eigenvalue weighted by Crippen LogP contribution is -1.96. The number of rotatable bonds is 5. The van der Waals surface area contributed by atoms with Gasteiger partial charge in [0.25, 0.3) is 0 Å². The molecule has 0 aliphatic carbocycles. The van der Waals surface area contributed by atoms with Crippen LogP contribution in [0.4, 0.5) is 0 Å². The van der Waals surface area contributed by atoms with E-state index in [9.17, 15) is 9.90 Å². The largest absolute Gasteiger partial charge is 0.503 e. The first-order valence-electron chi connectivity index (χ1n) is 4.81. The van der Waals surface area contributed by atoms with Gasteiger partial charge in [-0.15, -0.1) is 0 Å². The maximum absolute atomic E-state index is 10.4. The number of benzene rings is 1. The van der Waals surface area contributed by atoms with E-state index in [1.165, 1.54) is 7.11 Å². The predicted molar refractivity (Wildman–Crippen MR) is 62.9 cm³/mol. The summed E-state index contributed by atoms with van der Waals surface area (Å²) in [5.74, 6) is -0.353. The molecule has 0 unspecified atom stereocenters. The standard InChI is InChI=1S/C11H13BrO4/c1-16-9-6-7(3-2-4-10(13)14)5-8(12)11(9)15/h5-6,15H,2-4H2,1H3,(H,13,14). The molecule has 0 saturated heterocycles. The first-order chi connectivity index (χ1) is 7.54. The summed E-state index contributed by atoms with van der Waals surface area (Å²) < 4.78 is 5.55. The van der Waals surface area contributed by atoms with Crippen LogP contribution in [0, 0.1) is 0 Å². The third-order valence-electron chi connectivity index (χ3n) is 2.16. The summed E-state index contributed by atoms with van der Waals surface area (Å²) in [5, 5.41) is 18.1. The molecule has 1 aromatic carbocycles. The van der Waals surface area contributed by atoms with Crippen molar-refractivity contribution in [3.8, 4) is 11.5 Å². The van der Waals surface area contributed by atoms with Crippen LogP contribution in [0.3, 0.4) is 0 Å². The Morgan fingerprint density at radius 1 is 1.50 bits per heavy atom. The average Bonchev–Trinajstić information content (AvgIpc) is 2.22. The fraction of sp³-hybridized carbons (Fsp3) is 0.364. The van der Waals surface area contributed by atoms with Crippen LogP contribution in [0.2, 0.25) is 0 Å². The Labute approximate surface area is 102 Å². The zero-order chi connectivity index (χ0) is 12.1. The van der Waals surface area contributed by atoms with E-state index < -0.39 is 5.97 Å². The minimum atomic E-state index is -0.801. The van der Waals surface area contributed by atoms with Crippen molar-refractivity contribution in [2.45, 2.75) is 19.3 Å². The Morgan fingerprint density at radius 3 is 2.75 bits per heavy atom. The van der Waals surface area contributed by atoms with Gasteiger partial charge in [0.05, 0.1) is 11.6 Å². The van der Waals surface area contributed by atoms with Crippen LogP contribution in [0.25, 0.3) is 0 Å². The lowest BCUT2D eigenvalue weighted by Gasteiger charge is -2.08. The molecule has 0 saturated carbocycles. The quantitative estimate of drug-likeness (QED) is 0.874. The SMILES string of the molecule is COc1cc(CCCC(=O)O)cc(Br)c1O. The van der Waals surface area contributed by atoms with Crippen molar-refractivity contribution in [2.75, 3.05) is 7.11 Å². The first-order valence-corrected chi connectivity index (χ1v) is 5.61. The number of methoxy groups -OCH3 is 1. The number of aryl methyl sites for hydroxylation is 1. The number of hydrogen-bond acceptors (Lipinski definition) is 3. The molecule has 0 aromatic heterocycles. The number of hydrogen-bond donors (Lipinski definition) is 2. The van der Waals surface area contributed by atoms with Crippen LogP contribution in [-0.2, 0) is 11.2 Å². The van der Waals surface area contributed by atoms with Crippen molar-refractivity contribution >= 4 is 21.9 Å². The molecule has 0 fully saturated rings. The Morgan fingerprint density at radius 2 is 2.19 bits per heavy atom. The van der Waals surface area contributed by atoms with Gasteiger partial charge in [-0.05, 0) is 46.5 Å². The van der Waals surface area contributed by atoms with E-state index in [0.29, 0.717) is 23.1 Å². The summed E-state index contributed by atoms with van der Waals surface area (Å²) in [4.78, 5) is 10.4. The van der Waals surface area contributed by atoms with Crippen LogP contribution in [-0.4, -0.2) is 23.3 Å². The summed E-state index contributed by atoms with van der Waals surface area (Å²) in [6.07, 6.45) is 1.35. The highest BCUT2D eigenvalue weighted by atomic mass is 79.9. The van der Waals surface area contributed by atoms with Crippen molar-refractivity contribution in [1.29, 1.82) is 0 Å². The number of aromatic hydroxyl groups is 1. The second-order valence-corrected chi connectivity index (χ2v) is 4.23. The van der Waals surface area contributed by atoms with Crippen molar-refractivity contribution in [2.24, 2.45) is 0 Å². The van der Waals surface area contributed by atoms with E-state index in [2.05, 4.69) is 15.9 Å². The first kappa shape index (κ1) is 12.8. The summed E-state index contributed by atoms with van der Waals surface area (Å²) in [6.45, 7) is 0. The number of ether oxygens (including phenoxy) is 1. The molecule has 0 aliphatic rings. The molecule has 88 valence electrons. The van der Waals surface area contributed by atoms with Crippen molar-refractivity contribution in [3.63, 3.8) is 0 Å². The molecule has 0 radical (unpaired) electrons. The maximum atomic E-state index is 10.4. The Balaban J connectivity index is 2.74. The van der Waals surface area contributed by atoms with Crippen molar-refractivity contribution < 1.29 is 19.7 Å². The molecule has 2 N–H and O–H groups in total. The van der Waals surface area contributed by atoms with E-state index in [1.807, 2.05) is 0 Å². The van der Waals surface area contributed by atoms with Gasteiger partial charge in [-0.25, -0.2) is 0 Å². The summed E-state index contributed by atoms with van der Waals surface area (Å²) in [5.41, 5.74) is 0.933. The molecule has 5 heteroatoms. The average molecular weight is 289 g/mol. The van der Waals surface area contributed by atoms with Crippen LogP contribution < -0.4 is 4.74 Å². The second-order valence-electron chi connectivity index (χ2n) is 3.38. The second kappa shape index (κ2) is 5.75. The highest BCUT2D eigenvalue weighted by Crippen LogP contribution is 2.35. The molecule has 0 heterocycles. The molecule has 1 aromatic rings. The molecule has 0 spiro atoms. The molecule has 0 atom stereocenters. The number of aliphatic carboxylic acids is 1. The normalized spacial score (nSPS) is 10.1. The highest BCUT2D eigenvalue weighted by molar-refractivity contribution is 9.10. The third-order valence-corrected chi connectivity index (χ3v) is 2.77. The number of phenols is 1. The van der Waals surface area contributed by atoms with Gasteiger partial charge >= 0.3 is 5.97 Å². The van der Waals surface area contributed by atoms with Gasteiger partial charge < -0.3 is 14.9 Å². The van der Waals surface area contributed by atoms with E-state index in [-0.39, 0.29) is 12.2 Å². The Bertz CT molecular complexity index is 390. The lowest BCUT2D eigenvalue weighted by molar-refractivity contribution is -0.137. The summed E-state index contributed by atoms with van der Waals surface area (Å²) in [7, 11) is 1.47. The lowest BCUT2D eigenvalue weighted by atomic mass is 10.1. The van der Waals surface area contributed by atoms with Gasteiger partial charge in [0, 0.05) is 6.42 Å². The summed E-state index contributed by atoms with van der Waals surface area (Å²) >= 11 is 3.21. The smallest absolute Gasteiger partial charge is 0.303 e. The van der Waals surface area contributed by atoms with Gasteiger partial charge in [-0.1, -0.05) is 0 Å². The number of carboxylic acid groups (broad SMARTS) is 1. The zero-order valence-electron chi connectivity index (χ0n) is 8.86. The van der Waals surface area contributed by atoms with Gasteiger partial charge in [0.2, 0.25) is 0 Å². The molecule has 0 amide bonds. The molecular formula is C11H13BrO4. The molecule has 1 rings (SSSR count). The molecular weight excluding hydrogens is 276 g/mol. The Hall–Kier alpha value is -1.23. The number of carboxylic acids is 1. The minimum absolute atomic E-state index is 0.0597. The van der Waals surface area contributed by atoms with Gasteiger partial charge in [0.15, 0.2) is 11.5 Å². The van der Waals surface area contributed by atoms with Crippen LogP contribution in [0.1, 0.15) is 18.4 Å². The maximum Gasteiger partial charge on any atom is 0.303 e. The number of halogens is 1. The van der Waals surface area contributed by atoms with E-state index >= 15 is 0 Å². The Kier molecular flexibility index (Phi) is 4.61. The molecule has 0 bridgehead atoms. The van der Waals surface area contributed by atoms with E-state index in [1.54, 1.807) is 12.1 Å². The fourth-order valence-electron chi connectivity index (χ4n) is 1.37. The molecule has 0 aliphatic heterocycles. The number of carbonyl (C=O) groups is 1. The zero-order valence-corrected chi connectivity index (χ0v) is 10.5. The van der Waals surface area contributed by atoms with Crippen molar-refractivity contribution in [3.05, 3.63) is 22.2 Å². The number of phenolic OH excluding ortho intramolecular Hbond substituents is 1. The fourth-order valence-corrected chi connectivity index (χ4v) is 1.86. The summed E-state index contributed by atoms with van der Waals surface area (Å²) in [6, 6.07) is 3.47. The topological polar surface area (TPSA) is 66.8 Å². The predicted octanol–water partition coefficient (Wildman–Crippen LogP) is 2.57. The highest BCUT2D eigenvalue weighted by Gasteiger charge is 2.08. The van der Waals surface area contributed by atoms with Crippen molar-refractivity contribution in [1.82, 2.24) is 0 Å².